The van der Waals surface area contributed by atoms with Crippen LogP contribution >= 0.6 is 34.5 Å². The highest BCUT2D eigenvalue weighted by Crippen LogP contribution is 2.28. The van der Waals surface area contributed by atoms with Gasteiger partial charge in [-0.1, -0.05) is 23.2 Å². The number of aromatic nitrogens is 2. The van der Waals surface area contributed by atoms with E-state index >= 15 is 0 Å². The molecule has 0 aliphatic heterocycles. The highest BCUT2D eigenvalue weighted by Gasteiger charge is 2.16. The third-order valence-electron chi connectivity index (χ3n) is 3.51. The van der Waals surface area contributed by atoms with Gasteiger partial charge in [0.2, 0.25) is 0 Å². The van der Waals surface area contributed by atoms with Crippen LogP contribution in [0.1, 0.15) is 11.9 Å². The molecule has 134 valence electrons. The summed E-state index contributed by atoms with van der Waals surface area (Å²) in [6.07, 6.45) is 2.74. The van der Waals surface area contributed by atoms with Crippen LogP contribution in [0.2, 0.25) is 10.0 Å². The van der Waals surface area contributed by atoms with E-state index in [1.54, 1.807) is 37.5 Å². The lowest BCUT2D eigenvalue weighted by Gasteiger charge is -2.15. The molecule has 0 radical (unpaired) electrons. The Morgan fingerprint density at radius 1 is 1.27 bits per heavy atom. The molecule has 3 rings (SSSR count). The van der Waals surface area contributed by atoms with Crippen molar-refractivity contribution in [3.05, 3.63) is 63.2 Å². The number of rotatable bonds is 6. The summed E-state index contributed by atoms with van der Waals surface area (Å²) in [5, 5.41) is 6.44. The zero-order valence-electron chi connectivity index (χ0n) is 13.8. The first-order chi connectivity index (χ1) is 12.5. The maximum Gasteiger partial charge on any atom is 0.261 e. The largest absolute Gasteiger partial charge is 0.479 e. The van der Waals surface area contributed by atoms with E-state index < -0.39 is 6.10 Å². The minimum Gasteiger partial charge on any atom is -0.479 e. The van der Waals surface area contributed by atoms with E-state index in [0.717, 1.165) is 16.3 Å². The fourth-order valence-electron chi connectivity index (χ4n) is 2.17. The van der Waals surface area contributed by atoms with Gasteiger partial charge in [-0.3, -0.25) is 9.78 Å². The molecule has 2 heterocycles. The molecule has 0 aliphatic carbocycles. The van der Waals surface area contributed by atoms with Crippen LogP contribution in [0.15, 0.2) is 48.1 Å². The summed E-state index contributed by atoms with van der Waals surface area (Å²) >= 11 is 13.4. The molecule has 0 bridgehead atoms. The Balaban J connectivity index is 1.56. The highest BCUT2D eigenvalue weighted by molar-refractivity contribution is 7.09. The van der Waals surface area contributed by atoms with Crippen molar-refractivity contribution in [1.29, 1.82) is 0 Å². The molecule has 26 heavy (non-hydrogen) atoms. The fraction of sp³-hybridized carbons (Fsp3) is 0.167. The molecule has 3 aromatic rings. The molecule has 1 amide bonds. The number of nitrogens with zero attached hydrogens (tertiary/aromatic N) is 2. The van der Waals surface area contributed by atoms with Crippen LogP contribution in [0.4, 0.5) is 0 Å². The number of benzene rings is 1. The Hall–Kier alpha value is -2.15. The van der Waals surface area contributed by atoms with Crippen LogP contribution in [0, 0.1) is 0 Å². The molecule has 0 saturated carbocycles. The summed E-state index contributed by atoms with van der Waals surface area (Å²) < 4.78 is 5.60. The summed E-state index contributed by atoms with van der Waals surface area (Å²) in [6, 6.07) is 8.64. The van der Waals surface area contributed by atoms with Gasteiger partial charge >= 0.3 is 0 Å². The van der Waals surface area contributed by atoms with Gasteiger partial charge in [-0.25, -0.2) is 4.98 Å². The van der Waals surface area contributed by atoms with Gasteiger partial charge in [-0.2, -0.15) is 0 Å². The standard InChI is InChI=1S/C18H15Cl2N3O2S/c1-11(25-16-3-2-13(19)8-14(16)20)18(24)22-9-17-23-15(10-26-17)12-4-6-21-7-5-12/h2-8,10-11H,9H2,1H3,(H,22,24). The Morgan fingerprint density at radius 3 is 2.77 bits per heavy atom. The van der Waals surface area contributed by atoms with Gasteiger partial charge < -0.3 is 10.1 Å². The van der Waals surface area contributed by atoms with Crippen molar-refractivity contribution < 1.29 is 9.53 Å². The molecular formula is C18H15Cl2N3O2S. The average Bonchev–Trinajstić information content (AvgIpc) is 3.11. The van der Waals surface area contributed by atoms with Gasteiger partial charge in [0.15, 0.2) is 6.10 Å². The smallest absolute Gasteiger partial charge is 0.261 e. The Kier molecular flexibility index (Phi) is 6.08. The van der Waals surface area contributed by atoms with Crippen molar-refractivity contribution in [1.82, 2.24) is 15.3 Å². The number of amides is 1. The molecule has 1 unspecified atom stereocenters. The number of halogens is 2. The van der Waals surface area contributed by atoms with E-state index in [4.69, 9.17) is 27.9 Å². The quantitative estimate of drug-likeness (QED) is 0.648. The maximum atomic E-state index is 12.2. The Bertz CT molecular complexity index is 902. The summed E-state index contributed by atoms with van der Waals surface area (Å²) in [4.78, 5) is 20.7. The van der Waals surface area contributed by atoms with Crippen LogP contribution < -0.4 is 10.1 Å². The van der Waals surface area contributed by atoms with Gasteiger partial charge in [0.1, 0.15) is 10.8 Å². The van der Waals surface area contributed by atoms with Crippen LogP contribution in [-0.4, -0.2) is 22.0 Å². The van der Waals surface area contributed by atoms with Crippen LogP contribution in [0.25, 0.3) is 11.3 Å². The second-order valence-electron chi connectivity index (χ2n) is 5.42. The third kappa shape index (κ3) is 4.72. The monoisotopic (exact) mass is 407 g/mol. The van der Waals surface area contributed by atoms with Crippen molar-refractivity contribution in [2.45, 2.75) is 19.6 Å². The van der Waals surface area contributed by atoms with E-state index in [1.165, 1.54) is 11.3 Å². The fourth-order valence-corrected chi connectivity index (χ4v) is 3.36. The van der Waals surface area contributed by atoms with Gasteiger partial charge in [0.05, 0.1) is 17.3 Å². The zero-order chi connectivity index (χ0) is 18.5. The summed E-state index contributed by atoms with van der Waals surface area (Å²) in [6.45, 7) is 1.99. The molecule has 0 spiro atoms. The second kappa shape index (κ2) is 8.49. The van der Waals surface area contributed by atoms with Gasteiger partial charge in [-0.15, -0.1) is 11.3 Å². The van der Waals surface area contributed by atoms with Gasteiger partial charge in [-0.05, 0) is 37.3 Å². The SMILES string of the molecule is CC(Oc1ccc(Cl)cc1Cl)C(=O)NCc1nc(-c2ccncc2)cs1. The lowest BCUT2D eigenvalue weighted by Crippen LogP contribution is -2.35. The highest BCUT2D eigenvalue weighted by atomic mass is 35.5. The second-order valence-corrected chi connectivity index (χ2v) is 7.20. The van der Waals surface area contributed by atoms with Crippen molar-refractivity contribution in [2.75, 3.05) is 0 Å². The molecular weight excluding hydrogens is 393 g/mol. The topological polar surface area (TPSA) is 64.1 Å². The Morgan fingerprint density at radius 2 is 2.04 bits per heavy atom. The lowest BCUT2D eigenvalue weighted by atomic mass is 10.2. The lowest BCUT2D eigenvalue weighted by molar-refractivity contribution is -0.127. The first kappa shape index (κ1) is 18.6. The predicted octanol–water partition coefficient (Wildman–Crippen LogP) is 4.60. The summed E-state index contributed by atoms with van der Waals surface area (Å²) in [5.74, 6) is 0.157. The molecule has 8 heteroatoms. The maximum absolute atomic E-state index is 12.2. The molecule has 2 aromatic heterocycles. The third-order valence-corrected chi connectivity index (χ3v) is 4.89. The minimum atomic E-state index is -0.701. The van der Waals surface area contributed by atoms with Crippen molar-refractivity contribution in [3.63, 3.8) is 0 Å². The van der Waals surface area contributed by atoms with E-state index in [1.807, 2.05) is 17.5 Å². The number of hydrogen-bond donors (Lipinski definition) is 1. The minimum absolute atomic E-state index is 0.253. The Labute approximate surface area is 165 Å². The number of nitrogens with one attached hydrogen (secondary N) is 1. The van der Waals surface area contributed by atoms with Crippen LogP contribution in [0.3, 0.4) is 0 Å². The molecule has 5 nitrogen and oxygen atoms in total. The number of ether oxygens (including phenoxy) is 1. The molecule has 1 atom stereocenters. The molecule has 0 aliphatic rings. The normalized spacial score (nSPS) is 11.8. The number of thiazole rings is 1. The van der Waals surface area contributed by atoms with Gasteiger partial charge in [0.25, 0.3) is 5.91 Å². The van der Waals surface area contributed by atoms with E-state index in [2.05, 4.69) is 15.3 Å². The number of carbonyl (C=O) groups excluding carboxylic acids is 1. The number of hydrogen-bond acceptors (Lipinski definition) is 5. The summed E-state index contributed by atoms with van der Waals surface area (Å²) in [5.41, 5.74) is 1.85. The number of pyridine rings is 1. The van der Waals surface area contributed by atoms with Crippen LogP contribution in [-0.2, 0) is 11.3 Å². The van der Waals surface area contributed by atoms with Crippen molar-refractivity contribution >= 4 is 40.4 Å². The molecule has 1 aromatic carbocycles. The van der Waals surface area contributed by atoms with Crippen molar-refractivity contribution in [2.24, 2.45) is 0 Å². The number of carbonyl (C=O) groups is 1. The van der Waals surface area contributed by atoms with E-state index in [0.29, 0.717) is 22.3 Å². The summed E-state index contributed by atoms with van der Waals surface area (Å²) in [7, 11) is 0. The average molecular weight is 408 g/mol. The molecule has 1 N–H and O–H groups in total. The van der Waals surface area contributed by atoms with E-state index in [9.17, 15) is 4.79 Å². The first-order valence-corrected chi connectivity index (χ1v) is 9.40. The first-order valence-electron chi connectivity index (χ1n) is 7.77. The zero-order valence-corrected chi connectivity index (χ0v) is 16.1. The van der Waals surface area contributed by atoms with Crippen molar-refractivity contribution in [3.8, 4) is 17.0 Å². The molecule has 0 fully saturated rings. The van der Waals surface area contributed by atoms with E-state index in [-0.39, 0.29) is 5.91 Å². The van der Waals surface area contributed by atoms with Gasteiger partial charge in [0, 0.05) is 28.4 Å². The molecule has 0 saturated heterocycles. The van der Waals surface area contributed by atoms with Crippen LogP contribution in [0.5, 0.6) is 5.75 Å². The predicted molar refractivity (Wildman–Crippen MR) is 104 cm³/mol.